The van der Waals surface area contributed by atoms with Gasteiger partial charge in [-0.25, -0.2) is 0 Å². The number of rotatable bonds is 1. The van der Waals surface area contributed by atoms with E-state index in [4.69, 9.17) is 0 Å². The predicted octanol–water partition coefficient (Wildman–Crippen LogP) is 2.36. The highest BCUT2D eigenvalue weighted by Gasteiger charge is 2.20. The summed E-state index contributed by atoms with van der Waals surface area (Å²) in [7, 11) is 0. The SMILES string of the molecule is CC(C)N1CCC2=C(C=CC2)C1. The molecule has 1 heterocycles. The van der Waals surface area contributed by atoms with E-state index in [9.17, 15) is 0 Å². The molecule has 0 spiro atoms. The van der Waals surface area contributed by atoms with Crippen molar-refractivity contribution < 1.29 is 0 Å². The second-order valence-electron chi connectivity index (χ2n) is 4.05. The third-order valence-corrected chi connectivity index (χ3v) is 2.94. The monoisotopic (exact) mass is 163 g/mol. The topological polar surface area (TPSA) is 3.24 Å². The normalized spacial score (nSPS) is 23.9. The molecule has 0 unspecified atom stereocenters. The van der Waals surface area contributed by atoms with Gasteiger partial charge in [0, 0.05) is 19.1 Å². The van der Waals surface area contributed by atoms with E-state index in [0.29, 0.717) is 6.04 Å². The first-order chi connectivity index (χ1) is 5.77. The molecule has 12 heavy (non-hydrogen) atoms. The van der Waals surface area contributed by atoms with Crippen LogP contribution in [0.5, 0.6) is 0 Å². The summed E-state index contributed by atoms with van der Waals surface area (Å²) in [6, 6.07) is 0.702. The van der Waals surface area contributed by atoms with Crippen LogP contribution in [0.2, 0.25) is 0 Å². The van der Waals surface area contributed by atoms with Gasteiger partial charge in [-0.1, -0.05) is 17.7 Å². The molecule has 0 fully saturated rings. The Morgan fingerprint density at radius 3 is 3.00 bits per heavy atom. The molecule has 0 radical (unpaired) electrons. The van der Waals surface area contributed by atoms with Crippen molar-refractivity contribution in [2.45, 2.75) is 32.7 Å². The third kappa shape index (κ3) is 1.34. The molecule has 0 aromatic carbocycles. The van der Waals surface area contributed by atoms with E-state index in [1.807, 2.05) is 0 Å². The lowest BCUT2D eigenvalue weighted by Gasteiger charge is -2.31. The molecule has 0 aromatic rings. The van der Waals surface area contributed by atoms with Crippen molar-refractivity contribution in [3.8, 4) is 0 Å². The molecule has 0 bridgehead atoms. The van der Waals surface area contributed by atoms with Crippen LogP contribution in [0.15, 0.2) is 23.3 Å². The smallest absolute Gasteiger partial charge is 0.0236 e. The van der Waals surface area contributed by atoms with Crippen LogP contribution in [0.1, 0.15) is 26.7 Å². The Bertz CT molecular complexity index is 235. The minimum absolute atomic E-state index is 0.702. The van der Waals surface area contributed by atoms with E-state index in [1.54, 1.807) is 11.1 Å². The first-order valence-electron chi connectivity index (χ1n) is 4.89. The van der Waals surface area contributed by atoms with Gasteiger partial charge in [0.1, 0.15) is 0 Å². The zero-order valence-corrected chi connectivity index (χ0v) is 8.01. The maximum Gasteiger partial charge on any atom is 0.0236 e. The highest BCUT2D eigenvalue weighted by Crippen LogP contribution is 2.27. The molecule has 1 aliphatic heterocycles. The minimum Gasteiger partial charge on any atom is -0.296 e. The van der Waals surface area contributed by atoms with Gasteiger partial charge in [-0.05, 0) is 32.3 Å². The fourth-order valence-electron chi connectivity index (χ4n) is 2.04. The Hall–Kier alpha value is -0.560. The van der Waals surface area contributed by atoms with Gasteiger partial charge in [-0.3, -0.25) is 4.90 Å². The lowest BCUT2D eigenvalue weighted by Crippen LogP contribution is -2.36. The van der Waals surface area contributed by atoms with Crippen molar-refractivity contribution in [1.29, 1.82) is 0 Å². The van der Waals surface area contributed by atoms with Crippen LogP contribution in [-0.2, 0) is 0 Å². The van der Waals surface area contributed by atoms with E-state index < -0.39 is 0 Å². The second kappa shape index (κ2) is 3.06. The second-order valence-corrected chi connectivity index (χ2v) is 4.05. The van der Waals surface area contributed by atoms with Crippen LogP contribution in [-0.4, -0.2) is 24.0 Å². The molecule has 0 saturated heterocycles. The molecule has 0 amide bonds. The largest absolute Gasteiger partial charge is 0.296 e. The van der Waals surface area contributed by atoms with E-state index in [2.05, 4.69) is 30.9 Å². The summed E-state index contributed by atoms with van der Waals surface area (Å²) in [5, 5.41) is 0. The average molecular weight is 163 g/mol. The summed E-state index contributed by atoms with van der Waals surface area (Å²) in [5.41, 5.74) is 3.28. The molecule has 0 saturated carbocycles. The minimum atomic E-state index is 0.702. The molecule has 1 nitrogen and oxygen atoms in total. The summed E-state index contributed by atoms with van der Waals surface area (Å²) in [4.78, 5) is 2.55. The molecule has 1 heteroatoms. The van der Waals surface area contributed by atoms with Crippen LogP contribution < -0.4 is 0 Å². The third-order valence-electron chi connectivity index (χ3n) is 2.94. The van der Waals surface area contributed by atoms with E-state index in [1.165, 1.54) is 25.9 Å². The maximum atomic E-state index is 2.55. The van der Waals surface area contributed by atoms with E-state index in [-0.39, 0.29) is 0 Å². The van der Waals surface area contributed by atoms with Gasteiger partial charge in [-0.2, -0.15) is 0 Å². The van der Waals surface area contributed by atoms with Crippen molar-refractivity contribution in [2.75, 3.05) is 13.1 Å². The molecular formula is C11H17N. The van der Waals surface area contributed by atoms with Crippen LogP contribution >= 0.6 is 0 Å². The number of hydrogen-bond donors (Lipinski definition) is 0. The fraction of sp³-hybridized carbons (Fsp3) is 0.636. The van der Waals surface area contributed by atoms with Gasteiger partial charge < -0.3 is 0 Å². The van der Waals surface area contributed by atoms with Crippen molar-refractivity contribution in [3.05, 3.63) is 23.3 Å². The van der Waals surface area contributed by atoms with Crippen molar-refractivity contribution in [3.63, 3.8) is 0 Å². The molecular weight excluding hydrogens is 146 g/mol. The molecule has 0 N–H and O–H groups in total. The molecule has 2 rings (SSSR count). The Morgan fingerprint density at radius 2 is 2.25 bits per heavy atom. The lowest BCUT2D eigenvalue weighted by atomic mass is 10.0. The van der Waals surface area contributed by atoms with Crippen LogP contribution in [0.25, 0.3) is 0 Å². The van der Waals surface area contributed by atoms with Gasteiger partial charge in [0.25, 0.3) is 0 Å². The van der Waals surface area contributed by atoms with Gasteiger partial charge in [0.2, 0.25) is 0 Å². The zero-order valence-electron chi connectivity index (χ0n) is 8.01. The van der Waals surface area contributed by atoms with E-state index >= 15 is 0 Å². The van der Waals surface area contributed by atoms with E-state index in [0.717, 1.165) is 0 Å². The fourth-order valence-corrected chi connectivity index (χ4v) is 2.04. The summed E-state index contributed by atoms with van der Waals surface area (Å²) in [6.07, 6.45) is 7.13. The Morgan fingerprint density at radius 1 is 1.42 bits per heavy atom. The summed E-state index contributed by atoms with van der Waals surface area (Å²) < 4.78 is 0. The Balaban J connectivity index is 2.08. The van der Waals surface area contributed by atoms with Gasteiger partial charge in [0.05, 0.1) is 0 Å². The first-order valence-corrected chi connectivity index (χ1v) is 4.89. The Labute approximate surface area is 74.8 Å². The van der Waals surface area contributed by atoms with Crippen LogP contribution in [0, 0.1) is 0 Å². The molecule has 66 valence electrons. The predicted molar refractivity (Wildman–Crippen MR) is 52.1 cm³/mol. The van der Waals surface area contributed by atoms with Crippen molar-refractivity contribution >= 4 is 0 Å². The van der Waals surface area contributed by atoms with Crippen molar-refractivity contribution in [1.82, 2.24) is 4.90 Å². The summed E-state index contributed by atoms with van der Waals surface area (Å²) in [6.45, 7) is 7.01. The van der Waals surface area contributed by atoms with Crippen LogP contribution in [0.3, 0.4) is 0 Å². The number of allylic oxidation sites excluding steroid dienone is 1. The average Bonchev–Trinajstić information content (AvgIpc) is 2.49. The molecule has 0 atom stereocenters. The van der Waals surface area contributed by atoms with Crippen LogP contribution in [0.4, 0.5) is 0 Å². The first kappa shape index (κ1) is 8.06. The summed E-state index contributed by atoms with van der Waals surface area (Å²) >= 11 is 0. The quantitative estimate of drug-likeness (QED) is 0.573. The molecule has 1 aliphatic carbocycles. The molecule has 2 aliphatic rings. The standard InChI is InChI=1S/C11H17N/c1-9(2)12-7-6-10-4-3-5-11(10)8-12/h3,5,9H,4,6-8H2,1-2H3. The van der Waals surface area contributed by atoms with Crippen molar-refractivity contribution in [2.24, 2.45) is 0 Å². The number of hydrogen-bond acceptors (Lipinski definition) is 1. The highest BCUT2D eigenvalue weighted by atomic mass is 15.1. The zero-order chi connectivity index (χ0) is 8.55. The number of nitrogens with zero attached hydrogens (tertiary/aromatic N) is 1. The van der Waals surface area contributed by atoms with Gasteiger partial charge >= 0.3 is 0 Å². The maximum absolute atomic E-state index is 2.55. The molecule has 0 aromatic heterocycles. The Kier molecular flexibility index (Phi) is 2.05. The van der Waals surface area contributed by atoms with Gasteiger partial charge in [-0.15, -0.1) is 0 Å². The van der Waals surface area contributed by atoms with Gasteiger partial charge in [0.15, 0.2) is 0 Å². The summed E-state index contributed by atoms with van der Waals surface area (Å²) in [5.74, 6) is 0. The highest BCUT2D eigenvalue weighted by molar-refractivity contribution is 5.36. The lowest BCUT2D eigenvalue weighted by molar-refractivity contribution is 0.234.